The first-order chi connectivity index (χ1) is 13.8. The van der Waals surface area contributed by atoms with E-state index in [-0.39, 0.29) is 11.8 Å². The number of carbonyl (C=O) groups is 1. The third-order valence-electron chi connectivity index (χ3n) is 4.24. The molecule has 7 heteroatoms. The predicted molar refractivity (Wildman–Crippen MR) is 111 cm³/mol. The van der Waals surface area contributed by atoms with Gasteiger partial charge in [0.05, 0.1) is 5.92 Å². The summed E-state index contributed by atoms with van der Waals surface area (Å²) in [6, 6.07) is 19.1. The number of aromatic nitrogens is 3. The Bertz CT molecular complexity index is 855. The lowest BCUT2D eigenvalue weighted by Gasteiger charge is -2.15. The zero-order valence-electron chi connectivity index (χ0n) is 15.8. The molecule has 1 aromatic carbocycles. The molecule has 2 heterocycles. The van der Waals surface area contributed by atoms with Crippen LogP contribution in [0.2, 0.25) is 0 Å². The van der Waals surface area contributed by atoms with Crippen molar-refractivity contribution < 1.29 is 4.79 Å². The summed E-state index contributed by atoms with van der Waals surface area (Å²) in [7, 11) is 0. The Labute approximate surface area is 164 Å². The van der Waals surface area contributed by atoms with Gasteiger partial charge in [0.25, 0.3) is 0 Å². The van der Waals surface area contributed by atoms with Gasteiger partial charge in [0, 0.05) is 19.3 Å². The molecule has 1 amide bonds. The monoisotopic (exact) mass is 376 g/mol. The highest BCUT2D eigenvalue weighted by Crippen LogP contribution is 2.19. The molecule has 0 saturated heterocycles. The number of hydrogen-bond donors (Lipinski definition) is 3. The molecule has 7 nitrogen and oxygen atoms in total. The number of nitrogens with zero attached hydrogens (tertiary/aromatic N) is 3. The Hall–Kier alpha value is -3.48. The van der Waals surface area contributed by atoms with Gasteiger partial charge in [0.15, 0.2) is 5.82 Å². The van der Waals surface area contributed by atoms with Crippen LogP contribution in [0.25, 0.3) is 0 Å². The number of benzene rings is 1. The van der Waals surface area contributed by atoms with Crippen molar-refractivity contribution in [2.24, 2.45) is 0 Å². The van der Waals surface area contributed by atoms with E-state index >= 15 is 0 Å². The van der Waals surface area contributed by atoms with E-state index in [9.17, 15) is 4.79 Å². The Morgan fingerprint density at radius 2 is 1.64 bits per heavy atom. The fourth-order valence-electron chi connectivity index (χ4n) is 2.82. The molecule has 3 rings (SSSR count). The number of amides is 1. The first-order valence-electron chi connectivity index (χ1n) is 9.34. The minimum atomic E-state index is -0.127. The van der Waals surface area contributed by atoms with Crippen molar-refractivity contribution in [2.45, 2.75) is 19.3 Å². The van der Waals surface area contributed by atoms with Gasteiger partial charge in [-0.1, -0.05) is 43.3 Å². The van der Waals surface area contributed by atoms with Crippen molar-refractivity contribution in [3.05, 3.63) is 72.4 Å². The lowest BCUT2D eigenvalue weighted by atomic mass is 9.96. The Kier molecular flexibility index (Phi) is 6.89. The van der Waals surface area contributed by atoms with E-state index in [4.69, 9.17) is 0 Å². The maximum Gasteiger partial charge on any atom is 0.227 e. The van der Waals surface area contributed by atoms with Crippen molar-refractivity contribution in [3.63, 3.8) is 0 Å². The summed E-state index contributed by atoms with van der Waals surface area (Å²) in [5.41, 5.74) is 1.04. The van der Waals surface area contributed by atoms with E-state index in [0.717, 1.165) is 12.0 Å². The van der Waals surface area contributed by atoms with Crippen molar-refractivity contribution >= 4 is 23.4 Å². The molecule has 0 spiro atoms. The second-order valence-electron chi connectivity index (χ2n) is 6.23. The molecule has 0 unspecified atom stereocenters. The Balaban J connectivity index is 1.43. The molecular formula is C21H24N6O. The maximum absolute atomic E-state index is 12.4. The number of nitrogens with one attached hydrogen (secondary N) is 3. The molecule has 0 aliphatic heterocycles. The van der Waals surface area contributed by atoms with E-state index in [1.165, 1.54) is 0 Å². The fraction of sp³-hybridized carbons (Fsp3) is 0.238. The van der Waals surface area contributed by atoms with Crippen molar-refractivity contribution in [3.8, 4) is 0 Å². The van der Waals surface area contributed by atoms with Gasteiger partial charge >= 0.3 is 0 Å². The number of anilines is 3. The second kappa shape index (κ2) is 10.0. The number of rotatable bonds is 9. The summed E-state index contributed by atoms with van der Waals surface area (Å²) >= 11 is 0. The zero-order chi connectivity index (χ0) is 19.6. The molecule has 1 atom stereocenters. The largest absolute Gasteiger partial charge is 0.367 e. The molecule has 0 radical (unpaired) electrons. The Morgan fingerprint density at radius 3 is 2.32 bits per heavy atom. The molecular weight excluding hydrogens is 352 g/mol. The third kappa shape index (κ3) is 5.51. The van der Waals surface area contributed by atoms with Gasteiger partial charge in [-0.25, -0.2) is 4.98 Å². The fourth-order valence-corrected chi connectivity index (χ4v) is 2.82. The molecule has 144 valence electrons. The average Bonchev–Trinajstić information content (AvgIpc) is 2.74. The summed E-state index contributed by atoms with van der Waals surface area (Å²) in [6.07, 6.45) is 2.47. The van der Waals surface area contributed by atoms with Crippen molar-refractivity contribution in [1.82, 2.24) is 20.5 Å². The van der Waals surface area contributed by atoms with E-state index in [1.54, 1.807) is 6.20 Å². The quantitative estimate of drug-likeness (QED) is 0.496. The van der Waals surface area contributed by atoms with Gasteiger partial charge in [0.1, 0.15) is 11.6 Å². The smallest absolute Gasteiger partial charge is 0.227 e. The number of pyridine rings is 1. The standard InChI is InChI=1S/C21H24N6O/c1-2-17(16-8-4-3-5-9-16)21(28)24-15-14-23-19-11-12-20(27-26-19)25-18-10-6-7-13-22-18/h3-13,17H,2,14-15H2,1H3,(H,23,26)(H,24,28)(H,22,25,27)/t17-/m1/s1. The van der Waals surface area contributed by atoms with E-state index < -0.39 is 0 Å². The van der Waals surface area contributed by atoms with Gasteiger partial charge in [-0.15, -0.1) is 10.2 Å². The van der Waals surface area contributed by atoms with E-state index in [0.29, 0.717) is 30.5 Å². The number of hydrogen-bond acceptors (Lipinski definition) is 6. The second-order valence-corrected chi connectivity index (χ2v) is 6.23. The zero-order valence-corrected chi connectivity index (χ0v) is 15.8. The van der Waals surface area contributed by atoms with E-state index in [1.807, 2.05) is 67.6 Å². The highest BCUT2D eigenvalue weighted by molar-refractivity contribution is 5.83. The van der Waals surface area contributed by atoms with Crippen LogP contribution in [0.15, 0.2) is 66.9 Å². The van der Waals surface area contributed by atoms with Crippen LogP contribution in [0.4, 0.5) is 17.5 Å². The minimum absolute atomic E-state index is 0.0384. The molecule has 28 heavy (non-hydrogen) atoms. The van der Waals surface area contributed by atoms with Gasteiger partial charge in [-0.05, 0) is 36.2 Å². The normalized spacial score (nSPS) is 11.5. The van der Waals surface area contributed by atoms with Gasteiger partial charge in [0.2, 0.25) is 5.91 Å². The Morgan fingerprint density at radius 1 is 0.893 bits per heavy atom. The van der Waals surface area contributed by atoms with Crippen molar-refractivity contribution in [1.29, 1.82) is 0 Å². The van der Waals surface area contributed by atoms with Crippen LogP contribution in [0.1, 0.15) is 24.8 Å². The SMILES string of the molecule is CC[C@@H](C(=O)NCCNc1ccc(Nc2ccccn2)nn1)c1ccccc1. The predicted octanol–water partition coefficient (Wildman–Crippen LogP) is 3.34. The summed E-state index contributed by atoms with van der Waals surface area (Å²) < 4.78 is 0. The summed E-state index contributed by atoms with van der Waals surface area (Å²) in [5.74, 6) is 1.89. The molecule has 0 saturated carbocycles. The topological polar surface area (TPSA) is 91.8 Å². The molecule has 3 aromatic rings. The first-order valence-corrected chi connectivity index (χ1v) is 9.34. The van der Waals surface area contributed by atoms with Crippen LogP contribution in [-0.4, -0.2) is 34.2 Å². The van der Waals surface area contributed by atoms with Gasteiger partial charge in [-0.3, -0.25) is 4.79 Å². The van der Waals surface area contributed by atoms with Crippen LogP contribution >= 0.6 is 0 Å². The van der Waals surface area contributed by atoms with Crippen LogP contribution in [0, 0.1) is 0 Å². The number of carbonyl (C=O) groups excluding carboxylic acids is 1. The maximum atomic E-state index is 12.4. The molecule has 0 fully saturated rings. The van der Waals surface area contributed by atoms with Gasteiger partial charge < -0.3 is 16.0 Å². The van der Waals surface area contributed by atoms with Crippen LogP contribution in [0.3, 0.4) is 0 Å². The minimum Gasteiger partial charge on any atom is -0.367 e. The first kappa shape index (κ1) is 19.3. The summed E-state index contributed by atoms with van der Waals surface area (Å²) in [5, 5.41) is 17.5. The summed E-state index contributed by atoms with van der Waals surface area (Å²) in [6.45, 7) is 3.10. The molecule has 2 aromatic heterocycles. The lowest BCUT2D eigenvalue weighted by molar-refractivity contribution is -0.122. The molecule has 0 bridgehead atoms. The van der Waals surface area contributed by atoms with Crippen LogP contribution in [0.5, 0.6) is 0 Å². The van der Waals surface area contributed by atoms with Crippen LogP contribution in [-0.2, 0) is 4.79 Å². The summed E-state index contributed by atoms with van der Waals surface area (Å²) in [4.78, 5) is 16.6. The molecule has 3 N–H and O–H groups in total. The van der Waals surface area contributed by atoms with Crippen molar-refractivity contribution in [2.75, 3.05) is 23.7 Å². The van der Waals surface area contributed by atoms with Gasteiger partial charge in [-0.2, -0.15) is 0 Å². The molecule has 0 aliphatic carbocycles. The van der Waals surface area contributed by atoms with E-state index in [2.05, 4.69) is 31.1 Å². The average molecular weight is 376 g/mol. The highest BCUT2D eigenvalue weighted by atomic mass is 16.1. The lowest BCUT2D eigenvalue weighted by Crippen LogP contribution is -2.33. The highest BCUT2D eigenvalue weighted by Gasteiger charge is 2.17. The van der Waals surface area contributed by atoms with Crippen LogP contribution < -0.4 is 16.0 Å². The molecule has 0 aliphatic rings. The third-order valence-corrected chi connectivity index (χ3v) is 4.24.